The number of hydrogen-bond donors (Lipinski definition) is 2. The molecule has 2 N–H and O–H groups in total. The lowest BCUT2D eigenvalue weighted by Crippen LogP contribution is -2.44. The van der Waals surface area contributed by atoms with Gasteiger partial charge in [0.25, 0.3) is 0 Å². The van der Waals surface area contributed by atoms with Crippen LogP contribution >= 0.6 is 0 Å². The van der Waals surface area contributed by atoms with Crippen LogP contribution in [0.15, 0.2) is 18.2 Å². The van der Waals surface area contributed by atoms with Gasteiger partial charge in [-0.15, -0.1) is 0 Å². The van der Waals surface area contributed by atoms with E-state index in [1.165, 1.54) is 22.2 Å². The molecule has 0 bridgehead atoms. The SMILES string of the molecule is COc1ccc2c3c([nH]c2c1)CC(C)(C)NC3. The zero-order valence-corrected chi connectivity index (χ0v) is 10.6. The molecule has 0 aliphatic carbocycles. The van der Waals surface area contributed by atoms with Crippen molar-refractivity contribution in [3.63, 3.8) is 0 Å². The van der Waals surface area contributed by atoms with E-state index in [0.29, 0.717) is 0 Å². The average molecular weight is 230 g/mol. The molecule has 0 saturated carbocycles. The summed E-state index contributed by atoms with van der Waals surface area (Å²) in [5, 5.41) is 4.88. The van der Waals surface area contributed by atoms with Crippen molar-refractivity contribution in [2.24, 2.45) is 0 Å². The van der Waals surface area contributed by atoms with Crippen LogP contribution in [0.5, 0.6) is 5.75 Å². The number of aromatic amines is 1. The lowest BCUT2D eigenvalue weighted by molar-refractivity contribution is 0.360. The van der Waals surface area contributed by atoms with Gasteiger partial charge in [-0.2, -0.15) is 0 Å². The van der Waals surface area contributed by atoms with Gasteiger partial charge in [0.15, 0.2) is 0 Å². The van der Waals surface area contributed by atoms with E-state index in [9.17, 15) is 0 Å². The van der Waals surface area contributed by atoms with Crippen molar-refractivity contribution < 1.29 is 4.74 Å². The third-order valence-electron chi connectivity index (χ3n) is 3.56. The Bertz CT molecular complexity index is 569. The molecule has 0 amide bonds. The molecule has 2 heterocycles. The maximum absolute atomic E-state index is 5.26. The zero-order valence-electron chi connectivity index (χ0n) is 10.6. The Kier molecular flexibility index (Phi) is 2.20. The van der Waals surface area contributed by atoms with Crippen LogP contribution in [0.3, 0.4) is 0 Å². The molecular formula is C14H18N2O. The van der Waals surface area contributed by atoms with Crippen molar-refractivity contribution in [1.29, 1.82) is 0 Å². The van der Waals surface area contributed by atoms with E-state index in [4.69, 9.17) is 4.74 Å². The second kappa shape index (κ2) is 3.50. The van der Waals surface area contributed by atoms with Crippen LogP contribution < -0.4 is 10.1 Å². The summed E-state index contributed by atoms with van der Waals surface area (Å²) in [6.07, 6.45) is 1.04. The number of aromatic nitrogens is 1. The standard InChI is InChI=1S/C14H18N2O/c1-14(2)7-13-11(8-15-14)10-5-4-9(17-3)6-12(10)16-13/h4-6,15-16H,7-8H2,1-3H3. The van der Waals surface area contributed by atoms with Crippen LogP contribution in [0.1, 0.15) is 25.1 Å². The molecule has 1 aliphatic rings. The highest BCUT2D eigenvalue weighted by Gasteiger charge is 2.27. The Labute approximate surface area is 101 Å². The number of ether oxygens (including phenoxy) is 1. The fourth-order valence-corrected chi connectivity index (χ4v) is 2.60. The molecule has 0 radical (unpaired) electrons. The molecule has 3 rings (SSSR count). The van der Waals surface area contributed by atoms with Crippen molar-refractivity contribution >= 4 is 10.9 Å². The monoisotopic (exact) mass is 230 g/mol. The molecule has 3 heteroatoms. The first kappa shape index (κ1) is 10.7. The fourth-order valence-electron chi connectivity index (χ4n) is 2.60. The summed E-state index contributed by atoms with van der Waals surface area (Å²) < 4.78 is 5.26. The molecule has 0 spiro atoms. The number of methoxy groups -OCH3 is 1. The highest BCUT2D eigenvalue weighted by atomic mass is 16.5. The summed E-state index contributed by atoms with van der Waals surface area (Å²) in [5.74, 6) is 0.906. The quantitative estimate of drug-likeness (QED) is 0.790. The number of rotatable bonds is 1. The van der Waals surface area contributed by atoms with E-state index >= 15 is 0 Å². The molecule has 2 aromatic rings. The molecular weight excluding hydrogens is 212 g/mol. The summed E-state index contributed by atoms with van der Waals surface area (Å²) in [4.78, 5) is 3.53. The maximum Gasteiger partial charge on any atom is 0.120 e. The molecule has 90 valence electrons. The van der Waals surface area contributed by atoms with Gasteiger partial charge in [-0.3, -0.25) is 0 Å². The van der Waals surface area contributed by atoms with Gasteiger partial charge in [0.1, 0.15) is 5.75 Å². The third-order valence-corrected chi connectivity index (χ3v) is 3.56. The average Bonchev–Trinajstić information content (AvgIpc) is 2.63. The van der Waals surface area contributed by atoms with Gasteiger partial charge < -0.3 is 15.0 Å². The molecule has 1 aromatic heterocycles. The van der Waals surface area contributed by atoms with E-state index in [2.05, 4.69) is 36.3 Å². The summed E-state index contributed by atoms with van der Waals surface area (Å²) in [6.45, 7) is 5.42. The highest BCUT2D eigenvalue weighted by Crippen LogP contribution is 2.31. The Balaban J connectivity index is 2.14. The van der Waals surface area contributed by atoms with E-state index in [1.54, 1.807) is 7.11 Å². The van der Waals surface area contributed by atoms with E-state index in [-0.39, 0.29) is 5.54 Å². The first-order valence-electron chi connectivity index (χ1n) is 6.01. The number of hydrogen-bond acceptors (Lipinski definition) is 2. The summed E-state index contributed by atoms with van der Waals surface area (Å²) in [5.41, 5.74) is 4.12. The lowest BCUT2D eigenvalue weighted by atomic mass is 9.91. The molecule has 17 heavy (non-hydrogen) atoms. The third kappa shape index (κ3) is 1.71. The Hall–Kier alpha value is -1.48. The summed E-state index contributed by atoms with van der Waals surface area (Å²) in [6, 6.07) is 6.24. The van der Waals surface area contributed by atoms with Crippen molar-refractivity contribution in [2.45, 2.75) is 32.4 Å². The minimum Gasteiger partial charge on any atom is -0.497 e. The number of nitrogens with one attached hydrogen (secondary N) is 2. The minimum absolute atomic E-state index is 0.179. The van der Waals surface area contributed by atoms with Crippen LogP contribution in [0, 0.1) is 0 Å². The van der Waals surface area contributed by atoms with Crippen molar-refractivity contribution in [2.75, 3.05) is 7.11 Å². The number of H-pyrrole nitrogens is 1. The molecule has 0 saturated heterocycles. The Morgan fingerprint density at radius 3 is 2.88 bits per heavy atom. The van der Waals surface area contributed by atoms with E-state index in [1.807, 2.05) is 6.07 Å². The van der Waals surface area contributed by atoms with Gasteiger partial charge >= 0.3 is 0 Å². The summed E-state index contributed by atoms with van der Waals surface area (Å²) >= 11 is 0. The van der Waals surface area contributed by atoms with Gasteiger partial charge in [0.2, 0.25) is 0 Å². The smallest absolute Gasteiger partial charge is 0.120 e. The van der Waals surface area contributed by atoms with Crippen LogP contribution in [0.2, 0.25) is 0 Å². The minimum atomic E-state index is 0.179. The first-order chi connectivity index (χ1) is 8.09. The largest absolute Gasteiger partial charge is 0.497 e. The van der Waals surface area contributed by atoms with Crippen LogP contribution in [-0.2, 0) is 13.0 Å². The predicted molar refractivity (Wildman–Crippen MR) is 69.5 cm³/mol. The molecule has 1 aromatic carbocycles. The zero-order chi connectivity index (χ0) is 12.0. The van der Waals surface area contributed by atoms with Gasteiger partial charge in [0, 0.05) is 41.2 Å². The number of benzene rings is 1. The van der Waals surface area contributed by atoms with Gasteiger partial charge in [-0.1, -0.05) is 0 Å². The molecule has 0 atom stereocenters. The Morgan fingerprint density at radius 2 is 2.12 bits per heavy atom. The van der Waals surface area contributed by atoms with Crippen LogP contribution in [0.4, 0.5) is 0 Å². The second-order valence-electron chi connectivity index (χ2n) is 5.41. The van der Waals surface area contributed by atoms with Gasteiger partial charge in [-0.25, -0.2) is 0 Å². The van der Waals surface area contributed by atoms with E-state index in [0.717, 1.165) is 18.7 Å². The normalized spacial score (nSPS) is 18.1. The lowest BCUT2D eigenvalue weighted by Gasteiger charge is -2.31. The first-order valence-corrected chi connectivity index (χ1v) is 6.01. The van der Waals surface area contributed by atoms with Gasteiger partial charge in [-0.05, 0) is 31.5 Å². The second-order valence-corrected chi connectivity index (χ2v) is 5.41. The molecule has 0 unspecified atom stereocenters. The maximum atomic E-state index is 5.26. The predicted octanol–water partition coefficient (Wildman–Crippen LogP) is 2.60. The van der Waals surface area contributed by atoms with Crippen LogP contribution in [0.25, 0.3) is 10.9 Å². The van der Waals surface area contributed by atoms with Gasteiger partial charge in [0.05, 0.1) is 7.11 Å². The molecule has 1 aliphatic heterocycles. The van der Waals surface area contributed by atoms with Crippen molar-refractivity contribution in [3.8, 4) is 5.75 Å². The number of fused-ring (bicyclic) bond motifs is 3. The summed E-state index contributed by atoms with van der Waals surface area (Å²) in [7, 11) is 1.70. The molecule has 3 nitrogen and oxygen atoms in total. The topological polar surface area (TPSA) is 37.0 Å². The van der Waals surface area contributed by atoms with Crippen LogP contribution in [-0.4, -0.2) is 17.6 Å². The van der Waals surface area contributed by atoms with E-state index < -0.39 is 0 Å². The fraction of sp³-hybridized carbons (Fsp3) is 0.429. The Morgan fingerprint density at radius 1 is 1.29 bits per heavy atom. The van der Waals surface area contributed by atoms with Crippen molar-refractivity contribution in [1.82, 2.24) is 10.3 Å². The highest BCUT2D eigenvalue weighted by molar-refractivity contribution is 5.86. The molecule has 0 fully saturated rings. The van der Waals surface area contributed by atoms with Crippen molar-refractivity contribution in [3.05, 3.63) is 29.5 Å².